The molecule has 12 heteroatoms. The third-order valence-electron chi connectivity index (χ3n) is 8.55. The molecule has 1 aromatic heterocycles. The molecule has 2 fully saturated rings. The Hall–Kier alpha value is -4.45. The smallest absolute Gasteiger partial charge is 0.422 e. The lowest BCUT2D eigenvalue weighted by Gasteiger charge is -2.32. The molecule has 1 N–H and O–H groups in total. The summed E-state index contributed by atoms with van der Waals surface area (Å²) in [7, 11) is 0. The van der Waals surface area contributed by atoms with Crippen LogP contribution in [0.2, 0.25) is 0 Å². The van der Waals surface area contributed by atoms with Gasteiger partial charge in [-0.2, -0.15) is 18.3 Å². The van der Waals surface area contributed by atoms with Gasteiger partial charge in [0.05, 0.1) is 23.1 Å². The minimum Gasteiger partial charge on any atom is -0.483 e. The highest BCUT2D eigenvalue weighted by atomic mass is 19.4. The fraction of sp³-hybridized carbons (Fsp3) is 0.400. The summed E-state index contributed by atoms with van der Waals surface area (Å²) in [6.45, 7) is 1.26. The van der Waals surface area contributed by atoms with E-state index >= 15 is 0 Å². The average Bonchev–Trinajstić information content (AvgIpc) is 3.80. The Kier molecular flexibility index (Phi) is 9.76. The minimum atomic E-state index is -4.58. The standard InChI is InChI=1S/C35H36F4N4O4/c36-28-9-7-26(8-10-28)25-3-5-27(6-4-25)34(45)42-16-13-23(14-17-42)19-43-20-30-31(41-43)12-11-29(32(30)47-22-35(37,38)39)33(44)40-15-18-46-21-24-1-2-24/h3-12,20,23-24H,1-2,13-19,21-22H2,(H,40,44). The largest absolute Gasteiger partial charge is 0.483 e. The lowest BCUT2D eigenvalue weighted by atomic mass is 9.96. The van der Waals surface area contributed by atoms with E-state index < -0.39 is 18.7 Å². The number of halogens is 4. The summed E-state index contributed by atoms with van der Waals surface area (Å²) >= 11 is 0. The topological polar surface area (TPSA) is 85.7 Å². The number of hydrogen-bond donors (Lipinski definition) is 1. The Morgan fingerprint density at radius 2 is 1.57 bits per heavy atom. The molecule has 47 heavy (non-hydrogen) atoms. The van der Waals surface area contributed by atoms with Gasteiger partial charge in [-0.05, 0) is 85.0 Å². The zero-order valence-electron chi connectivity index (χ0n) is 25.8. The predicted molar refractivity (Wildman–Crippen MR) is 168 cm³/mol. The van der Waals surface area contributed by atoms with Gasteiger partial charge in [0, 0.05) is 44.5 Å². The molecule has 0 unspecified atom stereocenters. The summed E-state index contributed by atoms with van der Waals surface area (Å²) in [5, 5.41) is 7.59. The second kappa shape index (κ2) is 14.1. The molecule has 2 aliphatic rings. The Bertz CT molecular complexity index is 1690. The van der Waals surface area contributed by atoms with Gasteiger partial charge >= 0.3 is 6.18 Å². The van der Waals surface area contributed by atoms with Crippen LogP contribution in [-0.2, 0) is 11.3 Å². The molecule has 0 spiro atoms. The number of carbonyl (C=O) groups is 2. The van der Waals surface area contributed by atoms with Gasteiger partial charge in [0.25, 0.3) is 11.8 Å². The van der Waals surface area contributed by atoms with Gasteiger partial charge in [-0.15, -0.1) is 0 Å². The molecule has 2 heterocycles. The molecular formula is C35H36F4N4O4. The summed E-state index contributed by atoms with van der Waals surface area (Å²) in [5.74, 6) is -0.305. The van der Waals surface area contributed by atoms with Crippen LogP contribution in [0.1, 0.15) is 46.4 Å². The van der Waals surface area contributed by atoms with E-state index in [1.807, 2.05) is 17.0 Å². The summed E-state index contributed by atoms with van der Waals surface area (Å²) in [6, 6.07) is 16.5. The van der Waals surface area contributed by atoms with Crippen molar-refractivity contribution in [3.63, 3.8) is 0 Å². The monoisotopic (exact) mass is 652 g/mol. The number of amides is 2. The lowest BCUT2D eigenvalue weighted by Crippen LogP contribution is -2.39. The van der Waals surface area contributed by atoms with Gasteiger partial charge in [-0.3, -0.25) is 14.3 Å². The van der Waals surface area contributed by atoms with Crippen molar-refractivity contribution in [3.8, 4) is 16.9 Å². The van der Waals surface area contributed by atoms with Crippen molar-refractivity contribution in [2.45, 2.75) is 38.4 Å². The number of carbonyl (C=O) groups excluding carboxylic acids is 2. The maximum Gasteiger partial charge on any atom is 0.422 e. The average molecular weight is 653 g/mol. The minimum absolute atomic E-state index is 0.000937. The van der Waals surface area contributed by atoms with E-state index in [-0.39, 0.29) is 35.5 Å². The second-order valence-corrected chi connectivity index (χ2v) is 12.2. The fourth-order valence-corrected chi connectivity index (χ4v) is 5.78. The van der Waals surface area contributed by atoms with Crippen LogP contribution < -0.4 is 10.1 Å². The molecular weight excluding hydrogens is 616 g/mol. The molecule has 1 aliphatic heterocycles. The van der Waals surface area contributed by atoms with E-state index in [1.54, 1.807) is 41.2 Å². The van der Waals surface area contributed by atoms with Crippen LogP contribution in [0.4, 0.5) is 17.6 Å². The van der Waals surface area contributed by atoms with Crippen LogP contribution in [0.15, 0.2) is 66.9 Å². The molecule has 8 nitrogen and oxygen atoms in total. The molecule has 248 valence electrons. The maximum absolute atomic E-state index is 13.3. The first kappa shape index (κ1) is 32.5. The van der Waals surface area contributed by atoms with Gasteiger partial charge in [-0.25, -0.2) is 4.39 Å². The Morgan fingerprint density at radius 3 is 2.23 bits per heavy atom. The first-order valence-corrected chi connectivity index (χ1v) is 15.8. The van der Waals surface area contributed by atoms with Crippen molar-refractivity contribution in [1.82, 2.24) is 20.0 Å². The zero-order chi connectivity index (χ0) is 33.0. The predicted octanol–water partition coefficient (Wildman–Crippen LogP) is 6.49. The number of fused-ring (bicyclic) bond motifs is 1. The quantitative estimate of drug-likeness (QED) is 0.140. The molecule has 0 atom stereocenters. The van der Waals surface area contributed by atoms with E-state index in [4.69, 9.17) is 9.47 Å². The summed E-state index contributed by atoms with van der Waals surface area (Å²) in [6.07, 6.45) is 0.786. The fourth-order valence-electron chi connectivity index (χ4n) is 5.78. The number of hydrogen-bond acceptors (Lipinski definition) is 5. The number of ether oxygens (including phenoxy) is 2. The number of alkyl halides is 3. The highest BCUT2D eigenvalue weighted by Crippen LogP contribution is 2.32. The van der Waals surface area contributed by atoms with Gasteiger partial charge in [0.1, 0.15) is 11.6 Å². The van der Waals surface area contributed by atoms with Gasteiger partial charge in [-0.1, -0.05) is 24.3 Å². The SMILES string of the molecule is O=C(NCCOCC1CC1)c1ccc2nn(CC3CCN(C(=O)c4ccc(-c5ccc(F)cc5)cc4)CC3)cc2c1OCC(F)(F)F. The van der Waals surface area contributed by atoms with Gasteiger partial charge < -0.3 is 19.7 Å². The normalized spacial score (nSPS) is 15.6. The Labute approximate surface area is 269 Å². The van der Waals surface area contributed by atoms with Gasteiger partial charge in [0.2, 0.25) is 0 Å². The molecule has 3 aromatic carbocycles. The maximum atomic E-state index is 13.3. The number of nitrogens with zero attached hydrogens (tertiary/aromatic N) is 3. The molecule has 6 rings (SSSR count). The van der Waals surface area contributed by atoms with Gasteiger partial charge in [0.15, 0.2) is 6.61 Å². The van der Waals surface area contributed by atoms with Crippen molar-refractivity contribution in [3.05, 3.63) is 83.8 Å². The number of likely N-dealkylation sites (tertiary alicyclic amines) is 1. The number of nitrogens with one attached hydrogen (secondary N) is 1. The molecule has 1 aliphatic carbocycles. The molecule has 1 saturated heterocycles. The zero-order valence-corrected chi connectivity index (χ0v) is 25.8. The number of aromatic nitrogens is 2. The summed E-state index contributed by atoms with van der Waals surface area (Å²) in [5.41, 5.74) is 2.75. The van der Waals surface area contributed by atoms with Crippen LogP contribution in [0.25, 0.3) is 22.0 Å². The van der Waals surface area contributed by atoms with E-state index in [0.717, 1.165) is 36.8 Å². The van der Waals surface area contributed by atoms with Crippen LogP contribution in [0, 0.1) is 17.7 Å². The number of piperidine rings is 1. The van der Waals surface area contributed by atoms with Crippen LogP contribution in [0.5, 0.6) is 5.75 Å². The van der Waals surface area contributed by atoms with E-state index in [1.165, 1.54) is 18.2 Å². The summed E-state index contributed by atoms with van der Waals surface area (Å²) < 4.78 is 65.1. The number of rotatable bonds is 12. The van der Waals surface area contributed by atoms with Crippen molar-refractivity contribution in [2.75, 3.05) is 39.5 Å². The molecule has 1 saturated carbocycles. The number of benzene rings is 3. The van der Waals surface area contributed by atoms with Crippen molar-refractivity contribution >= 4 is 22.7 Å². The highest BCUT2D eigenvalue weighted by Gasteiger charge is 2.31. The van der Waals surface area contributed by atoms with E-state index in [9.17, 15) is 27.2 Å². The Balaban J connectivity index is 1.07. The first-order chi connectivity index (χ1) is 22.6. The summed E-state index contributed by atoms with van der Waals surface area (Å²) in [4.78, 5) is 27.9. The molecule has 4 aromatic rings. The molecule has 2 amide bonds. The first-order valence-electron chi connectivity index (χ1n) is 15.8. The van der Waals surface area contributed by atoms with Crippen LogP contribution in [-0.4, -0.2) is 72.1 Å². The molecule has 0 bridgehead atoms. The van der Waals surface area contributed by atoms with E-state index in [0.29, 0.717) is 55.2 Å². The van der Waals surface area contributed by atoms with Crippen LogP contribution in [0.3, 0.4) is 0 Å². The van der Waals surface area contributed by atoms with E-state index in [2.05, 4.69) is 10.4 Å². The van der Waals surface area contributed by atoms with Crippen molar-refractivity contribution in [1.29, 1.82) is 0 Å². The Morgan fingerprint density at radius 1 is 0.894 bits per heavy atom. The lowest BCUT2D eigenvalue weighted by molar-refractivity contribution is -0.153. The highest BCUT2D eigenvalue weighted by molar-refractivity contribution is 6.03. The molecule has 0 radical (unpaired) electrons. The van der Waals surface area contributed by atoms with Crippen molar-refractivity contribution in [2.24, 2.45) is 11.8 Å². The third kappa shape index (κ3) is 8.48. The second-order valence-electron chi connectivity index (χ2n) is 12.2. The van der Waals surface area contributed by atoms with Crippen LogP contribution >= 0.6 is 0 Å². The van der Waals surface area contributed by atoms with Crippen molar-refractivity contribution < 1.29 is 36.6 Å². The third-order valence-corrected chi connectivity index (χ3v) is 8.55.